The molecule has 0 bridgehead atoms. The van der Waals surface area contributed by atoms with Crippen molar-refractivity contribution in [2.45, 2.75) is 25.7 Å². The summed E-state index contributed by atoms with van der Waals surface area (Å²) < 4.78 is 12.3. The highest BCUT2D eigenvalue weighted by molar-refractivity contribution is 6.10. The predicted octanol–water partition coefficient (Wildman–Crippen LogP) is 5.28. The Bertz CT molecular complexity index is 1160. The van der Waals surface area contributed by atoms with Crippen LogP contribution >= 0.6 is 0 Å². The van der Waals surface area contributed by atoms with Gasteiger partial charge in [0.25, 0.3) is 0 Å². The third kappa shape index (κ3) is 3.92. The molecule has 0 spiro atoms. The molecule has 0 unspecified atom stereocenters. The van der Waals surface area contributed by atoms with Crippen LogP contribution in [0.1, 0.15) is 24.0 Å². The Morgan fingerprint density at radius 3 is 1.50 bits per heavy atom. The fraction of sp³-hybridized carbons (Fsp3) is 0.286. The summed E-state index contributed by atoms with van der Waals surface area (Å²) in [6, 6.07) is 21.4. The minimum absolute atomic E-state index is 0.201. The van der Waals surface area contributed by atoms with Gasteiger partial charge in [0.2, 0.25) is 0 Å². The van der Waals surface area contributed by atoms with E-state index in [1.165, 1.54) is 11.1 Å². The van der Waals surface area contributed by atoms with Crippen LogP contribution in [0.3, 0.4) is 0 Å². The maximum Gasteiger partial charge on any atom is 0.128 e. The second kappa shape index (κ2) is 9.19. The summed E-state index contributed by atoms with van der Waals surface area (Å²) in [5, 5.41) is 23.0. The lowest BCUT2D eigenvalue weighted by atomic mass is 9.90. The first-order valence-electron chi connectivity index (χ1n) is 11.4. The van der Waals surface area contributed by atoms with Crippen molar-refractivity contribution < 1.29 is 19.7 Å². The van der Waals surface area contributed by atoms with Gasteiger partial charge in [-0.25, -0.2) is 0 Å². The third-order valence-electron chi connectivity index (χ3n) is 6.19. The molecular formula is C28H28O4. The van der Waals surface area contributed by atoms with Gasteiger partial charge in [0.05, 0.1) is 0 Å². The average Bonchev–Trinajstić information content (AvgIpc) is 2.81. The highest BCUT2D eigenvalue weighted by atomic mass is 16.5. The summed E-state index contributed by atoms with van der Waals surface area (Å²) in [6.45, 7) is 1.41. The molecule has 1 aliphatic rings. The molecule has 5 rings (SSSR count). The minimum Gasteiger partial charge on any atom is -0.489 e. The van der Waals surface area contributed by atoms with Crippen LogP contribution in [-0.4, -0.2) is 36.6 Å². The fourth-order valence-electron chi connectivity index (χ4n) is 4.66. The van der Waals surface area contributed by atoms with Gasteiger partial charge in [-0.1, -0.05) is 48.5 Å². The number of rotatable bonds is 6. The lowest BCUT2D eigenvalue weighted by Gasteiger charge is -2.23. The average molecular weight is 429 g/mol. The van der Waals surface area contributed by atoms with E-state index in [2.05, 4.69) is 60.7 Å². The normalized spacial score (nSPS) is 13.1. The molecule has 0 radical (unpaired) electrons. The lowest BCUT2D eigenvalue weighted by Crippen LogP contribution is -2.13. The number of hydrogen-bond donors (Lipinski definition) is 2. The minimum atomic E-state index is 0.201. The van der Waals surface area contributed by atoms with Crippen molar-refractivity contribution in [3.8, 4) is 22.6 Å². The summed E-state index contributed by atoms with van der Waals surface area (Å²) >= 11 is 0. The van der Waals surface area contributed by atoms with Crippen molar-refractivity contribution in [3.05, 3.63) is 71.8 Å². The van der Waals surface area contributed by atoms with E-state index in [9.17, 15) is 10.2 Å². The monoisotopic (exact) mass is 428 g/mol. The third-order valence-corrected chi connectivity index (χ3v) is 6.19. The van der Waals surface area contributed by atoms with Crippen LogP contribution in [0.2, 0.25) is 0 Å². The molecule has 0 amide bonds. The number of aliphatic hydroxyl groups excluding tert-OH is 2. The molecule has 1 aliphatic heterocycles. The van der Waals surface area contributed by atoms with Crippen molar-refractivity contribution in [3.63, 3.8) is 0 Å². The second-order valence-electron chi connectivity index (χ2n) is 8.34. The van der Waals surface area contributed by atoms with Crippen LogP contribution in [-0.2, 0) is 12.8 Å². The molecule has 2 N–H and O–H groups in total. The zero-order valence-electron chi connectivity index (χ0n) is 18.1. The van der Waals surface area contributed by atoms with Crippen LogP contribution in [0.15, 0.2) is 60.7 Å². The van der Waals surface area contributed by atoms with E-state index in [1.807, 2.05) is 0 Å². The highest BCUT2D eigenvalue weighted by Crippen LogP contribution is 2.46. The molecular weight excluding hydrogens is 400 g/mol. The smallest absolute Gasteiger partial charge is 0.128 e. The Kier molecular flexibility index (Phi) is 5.97. The molecule has 164 valence electrons. The summed E-state index contributed by atoms with van der Waals surface area (Å²) in [4.78, 5) is 0. The Labute approximate surface area is 188 Å². The zero-order chi connectivity index (χ0) is 21.9. The fourth-order valence-corrected chi connectivity index (χ4v) is 4.66. The quantitative estimate of drug-likeness (QED) is 0.439. The molecule has 4 aromatic carbocycles. The number of ether oxygens (including phenoxy) is 2. The maximum atomic E-state index is 9.19. The van der Waals surface area contributed by atoms with E-state index in [-0.39, 0.29) is 13.2 Å². The molecule has 32 heavy (non-hydrogen) atoms. The van der Waals surface area contributed by atoms with Crippen molar-refractivity contribution in [1.82, 2.24) is 0 Å². The maximum absolute atomic E-state index is 9.19. The van der Waals surface area contributed by atoms with E-state index in [4.69, 9.17) is 9.47 Å². The van der Waals surface area contributed by atoms with Gasteiger partial charge in [-0.15, -0.1) is 0 Å². The Balaban J connectivity index is 1.73. The Morgan fingerprint density at radius 2 is 1.06 bits per heavy atom. The topological polar surface area (TPSA) is 58.9 Å². The van der Waals surface area contributed by atoms with E-state index in [0.29, 0.717) is 13.2 Å². The second-order valence-corrected chi connectivity index (χ2v) is 8.34. The van der Waals surface area contributed by atoms with E-state index < -0.39 is 0 Å². The van der Waals surface area contributed by atoms with Crippen molar-refractivity contribution in [1.29, 1.82) is 0 Å². The SMILES string of the molecule is OCCCc1ccc2c3c(ccc2c1)OCCOc1ccc2cc(CCCO)ccc2c1-3. The standard InChI is InChI=1S/C28H28O4/c29-13-1-3-19-5-9-23-21(17-19)7-11-25-27(23)28-24-10-6-20(4-2-14-30)18-22(24)8-12-26(28)32-16-15-31-25/h5-12,17-18,29-30H,1-4,13-16H2. The largest absolute Gasteiger partial charge is 0.489 e. The first kappa shape index (κ1) is 20.8. The number of hydrogen-bond acceptors (Lipinski definition) is 4. The lowest BCUT2D eigenvalue weighted by molar-refractivity contribution is 0.215. The molecule has 1 heterocycles. The Hall–Kier alpha value is -3.08. The first-order chi connectivity index (χ1) is 15.8. The highest BCUT2D eigenvalue weighted by Gasteiger charge is 2.21. The molecule has 0 saturated carbocycles. The first-order valence-corrected chi connectivity index (χ1v) is 11.4. The van der Waals surface area contributed by atoms with Crippen molar-refractivity contribution in [2.75, 3.05) is 26.4 Å². The van der Waals surface area contributed by atoms with Crippen LogP contribution < -0.4 is 9.47 Å². The zero-order valence-corrected chi connectivity index (χ0v) is 18.1. The van der Waals surface area contributed by atoms with E-state index in [0.717, 1.165) is 69.9 Å². The molecule has 0 aliphatic carbocycles. The van der Waals surface area contributed by atoms with Gasteiger partial charge >= 0.3 is 0 Å². The predicted molar refractivity (Wildman–Crippen MR) is 129 cm³/mol. The molecule has 4 heteroatoms. The summed E-state index contributed by atoms with van der Waals surface area (Å²) in [7, 11) is 0. The number of aryl methyl sites for hydroxylation is 2. The van der Waals surface area contributed by atoms with Crippen LogP contribution in [0.4, 0.5) is 0 Å². The van der Waals surface area contributed by atoms with E-state index >= 15 is 0 Å². The van der Waals surface area contributed by atoms with Crippen LogP contribution in [0, 0.1) is 0 Å². The van der Waals surface area contributed by atoms with Crippen LogP contribution in [0.5, 0.6) is 11.5 Å². The van der Waals surface area contributed by atoms with Gasteiger partial charge in [-0.3, -0.25) is 0 Å². The van der Waals surface area contributed by atoms with Crippen molar-refractivity contribution >= 4 is 21.5 Å². The molecule has 4 nitrogen and oxygen atoms in total. The van der Waals surface area contributed by atoms with Gasteiger partial charge < -0.3 is 19.7 Å². The van der Waals surface area contributed by atoms with Gasteiger partial charge in [-0.2, -0.15) is 0 Å². The van der Waals surface area contributed by atoms with Gasteiger partial charge in [0.1, 0.15) is 24.7 Å². The molecule has 0 atom stereocenters. The van der Waals surface area contributed by atoms with E-state index in [1.54, 1.807) is 0 Å². The van der Waals surface area contributed by atoms with Crippen LogP contribution in [0.25, 0.3) is 32.7 Å². The number of aliphatic hydroxyl groups is 2. The number of benzene rings is 4. The summed E-state index contributed by atoms with van der Waals surface area (Å²) in [6.07, 6.45) is 3.25. The van der Waals surface area contributed by atoms with Gasteiger partial charge in [-0.05, 0) is 70.5 Å². The van der Waals surface area contributed by atoms with Crippen molar-refractivity contribution in [2.24, 2.45) is 0 Å². The molecule has 0 aromatic heterocycles. The Morgan fingerprint density at radius 1 is 0.594 bits per heavy atom. The van der Waals surface area contributed by atoms with Gasteiger partial charge in [0, 0.05) is 24.3 Å². The molecule has 4 aromatic rings. The summed E-state index contributed by atoms with van der Waals surface area (Å²) in [5.74, 6) is 1.75. The summed E-state index contributed by atoms with van der Waals surface area (Å²) in [5.41, 5.74) is 4.58. The molecule has 0 fully saturated rings. The van der Waals surface area contributed by atoms with Gasteiger partial charge in [0.15, 0.2) is 0 Å². The molecule has 0 saturated heterocycles. The number of fused-ring (bicyclic) bond motifs is 7.